The molecule has 2 rings (SSSR count). The molecule has 0 unspecified atom stereocenters. The van der Waals surface area contributed by atoms with Crippen LogP contribution in [0.25, 0.3) is 0 Å². The van der Waals surface area contributed by atoms with Crippen LogP contribution in [0, 0.1) is 0 Å². The highest BCUT2D eigenvalue weighted by atomic mass is 35.5. The van der Waals surface area contributed by atoms with Crippen molar-refractivity contribution in [2.45, 2.75) is 32.3 Å². The average Bonchev–Trinajstić information content (AvgIpc) is 2.66. The van der Waals surface area contributed by atoms with E-state index >= 15 is 0 Å². The minimum absolute atomic E-state index is 0.165. The van der Waals surface area contributed by atoms with Gasteiger partial charge in [-0.05, 0) is 24.6 Å². The van der Waals surface area contributed by atoms with Crippen LogP contribution in [0.4, 0.5) is 5.69 Å². The molecule has 0 spiro atoms. The summed E-state index contributed by atoms with van der Waals surface area (Å²) in [5.74, 6) is 0.114. The summed E-state index contributed by atoms with van der Waals surface area (Å²) >= 11 is 5.97. The maximum atomic E-state index is 12.2. The van der Waals surface area contributed by atoms with E-state index in [-0.39, 0.29) is 18.9 Å². The lowest BCUT2D eigenvalue weighted by atomic mass is 10.2. The summed E-state index contributed by atoms with van der Waals surface area (Å²) in [6, 6.07) is 4.74. The Hall–Kier alpha value is -1.47. The lowest BCUT2D eigenvalue weighted by molar-refractivity contribution is -0.128. The van der Waals surface area contributed by atoms with Crippen LogP contribution >= 0.6 is 11.6 Å². The third-order valence-corrected chi connectivity index (χ3v) is 4.99. The second kappa shape index (κ2) is 7.40. The van der Waals surface area contributed by atoms with Crippen molar-refractivity contribution in [1.29, 1.82) is 0 Å². The number of amides is 1. The molecule has 1 atom stereocenters. The Morgan fingerprint density at radius 1 is 1.48 bits per heavy atom. The second-order valence-electron chi connectivity index (χ2n) is 5.49. The van der Waals surface area contributed by atoms with Crippen molar-refractivity contribution < 1.29 is 17.9 Å². The number of unbranched alkanes of at least 4 members (excludes halogenated alkanes) is 1. The highest BCUT2D eigenvalue weighted by Gasteiger charge is 2.31. The third-order valence-electron chi connectivity index (χ3n) is 3.58. The first-order valence-corrected chi connectivity index (χ1v) is 9.77. The largest absolute Gasteiger partial charge is 0.478 e. The number of hydrogen-bond donors (Lipinski definition) is 1. The van der Waals surface area contributed by atoms with E-state index in [9.17, 15) is 13.2 Å². The Labute approximate surface area is 141 Å². The number of nitrogens with zero attached hydrogens (tertiary/aromatic N) is 1. The van der Waals surface area contributed by atoms with Gasteiger partial charge in [0.1, 0.15) is 5.75 Å². The number of halogens is 1. The molecule has 1 N–H and O–H groups in total. The lowest BCUT2D eigenvalue weighted by Crippen LogP contribution is -2.40. The molecule has 23 heavy (non-hydrogen) atoms. The average molecular weight is 361 g/mol. The van der Waals surface area contributed by atoms with E-state index in [1.165, 1.54) is 10.4 Å². The number of carbonyl (C=O) groups excluding carboxylic acids is 1. The molecule has 0 radical (unpaired) electrons. The van der Waals surface area contributed by atoms with Gasteiger partial charge in [0.05, 0.1) is 11.9 Å². The number of nitrogens with one attached hydrogen (secondary N) is 1. The molecule has 1 aromatic carbocycles. The number of rotatable bonds is 5. The number of benzene rings is 1. The molecule has 1 aliphatic heterocycles. The lowest BCUT2D eigenvalue weighted by Gasteiger charge is -2.21. The summed E-state index contributed by atoms with van der Waals surface area (Å²) in [6.07, 6.45) is 2.55. The van der Waals surface area contributed by atoms with Crippen molar-refractivity contribution >= 4 is 33.2 Å². The molecule has 1 heterocycles. The van der Waals surface area contributed by atoms with Crippen molar-refractivity contribution in [1.82, 2.24) is 5.32 Å². The number of hydrogen-bond acceptors (Lipinski definition) is 4. The molecule has 0 fully saturated rings. The third kappa shape index (κ3) is 4.51. The van der Waals surface area contributed by atoms with Crippen molar-refractivity contribution in [3.63, 3.8) is 0 Å². The summed E-state index contributed by atoms with van der Waals surface area (Å²) in [5, 5.41) is 3.23. The minimum atomic E-state index is -3.49. The van der Waals surface area contributed by atoms with Crippen LogP contribution in [0.15, 0.2) is 18.2 Å². The van der Waals surface area contributed by atoms with Crippen molar-refractivity contribution in [2.75, 3.05) is 23.7 Å². The van der Waals surface area contributed by atoms with Crippen LogP contribution in [0.1, 0.15) is 26.2 Å². The topological polar surface area (TPSA) is 75.7 Å². The molecule has 1 amide bonds. The number of sulfonamides is 1. The predicted octanol–water partition coefficient (Wildman–Crippen LogP) is 2.17. The Kier molecular flexibility index (Phi) is 5.75. The predicted molar refractivity (Wildman–Crippen MR) is 90.6 cm³/mol. The highest BCUT2D eigenvalue weighted by molar-refractivity contribution is 7.92. The maximum Gasteiger partial charge on any atom is 0.261 e. The van der Waals surface area contributed by atoms with Gasteiger partial charge in [-0.1, -0.05) is 24.9 Å². The standard InChI is InChI=1S/C15H21ClN2O4S/c1-3-4-8-17-15(19)14-7-9-18(23(2,20)21)12-10-11(16)5-6-13(12)22-14/h5-6,10,14H,3-4,7-9H2,1-2H3,(H,17,19)/t14-/m1/s1. The number of anilines is 1. The van der Waals surface area contributed by atoms with Crippen LogP contribution < -0.4 is 14.4 Å². The maximum absolute atomic E-state index is 12.2. The van der Waals surface area contributed by atoms with E-state index in [1.807, 2.05) is 6.92 Å². The number of fused-ring (bicyclic) bond motifs is 1. The molecule has 0 aromatic heterocycles. The van der Waals surface area contributed by atoms with Gasteiger partial charge < -0.3 is 10.1 Å². The van der Waals surface area contributed by atoms with E-state index < -0.39 is 16.1 Å². The molecule has 128 valence electrons. The van der Waals surface area contributed by atoms with Crippen LogP contribution in [0.5, 0.6) is 5.75 Å². The summed E-state index contributed by atoms with van der Waals surface area (Å²) in [5.41, 5.74) is 0.365. The fourth-order valence-corrected chi connectivity index (χ4v) is 3.49. The van der Waals surface area contributed by atoms with Gasteiger partial charge in [0.2, 0.25) is 10.0 Å². The zero-order valence-corrected chi connectivity index (χ0v) is 14.8. The van der Waals surface area contributed by atoms with Crippen LogP contribution in [0.2, 0.25) is 5.02 Å². The van der Waals surface area contributed by atoms with Gasteiger partial charge in [0.25, 0.3) is 5.91 Å². The zero-order chi connectivity index (χ0) is 17.0. The molecule has 1 aromatic rings. The highest BCUT2D eigenvalue weighted by Crippen LogP contribution is 2.36. The van der Waals surface area contributed by atoms with E-state index in [2.05, 4.69) is 5.32 Å². The van der Waals surface area contributed by atoms with E-state index in [1.54, 1.807) is 12.1 Å². The monoisotopic (exact) mass is 360 g/mol. The summed E-state index contributed by atoms with van der Waals surface area (Å²) < 4.78 is 31.0. The second-order valence-corrected chi connectivity index (χ2v) is 7.83. The van der Waals surface area contributed by atoms with Gasteiger partial charge in [0, 0.05) is 24.5 Å². The van der Waals surface area contributed by atoms with Crippen molar-refractivity contribution in [2.24, 2.45) is 0 Å². The Bertz CT molecular complexity index is 678. The number of ether oxygens (including phenoxy) is 1. The normalized spacial score (nSPS) is 17.9. The van der Waals surface area contributed by atoms with Crippen LogP contribution in [0.3, 0.4) is 0 Å². The summed E-state index contributed by atoms with van der Waals surface area (Å²) in [6.45, 7) is 2.79. The first-order valence-electron chi connectivity index (χ1n) is 7.54. The molecule has 8 heteroatoms. The van der Waals surface area contributed by atoms with Gasteiger partial charge in [-0.15, -0.1) is 0 Å². The first kappa shape index (κ1) is 17.9. The first-order chi connectivity index (χ1) is 10.8. The van der Waals surface area contributed by atoms with Crippen molar-refractivity contribution in [3.8, 4) is 5.75 Å². The summed E-state index contributed by atoms with van der Waals surface area (Å²) in [7, 11) is -3.49. The Morgan fingerprint density at radius 2 is 2.22 bits per heavy atom. The zero-order valence-electron chi connectivity index (χ0n) is 13.2. The smallest absolute Gasteiger partial charge is 0.261 e. The van der Waals surface area contributed by atoms with Crippen LogP contribution in [-0.2, 0) is 14.8 Å². The van der Waals surface area contributed by atoms with Crippen molar-refractivity contribution in [3.05, 3.63) is 23.2 Å². The fourth-order valence-electron chi connectivity index (χ4n) is 2.38. The Balaban J connectivity index is 2.26. The molecule has 0 saturated carbocycles. The van der Waals surface area contributed by atoms with E-state index in [0.717, 1.165) is 19.1 Å². The molecule has 0 bridgehead atoms. The van der Waals surface area contributed by atoms with Gasteiger partial charge in [-0.3, -0.25) is 9.10 Å². The quantitative estimate of drug-likeness (QED) is 0.816. The molecule has 0 saturated heterocycles. The van der Waals surface area contributed by atoms with Crippen LogP contribution in [-0.4, -0.2) is 39.8 Å². The van der Waals surface area contributed by atoms with Gasteiger partial charge in [-0.2, -0.15) is 0 Å². The van der Waals surface area contributed by atoms with E-state index in [4.69, 9.17) is 16.3 Å². The SMILES string of the molecule is CCCCNC(=O)[C@H]1CCN(S(C)(=O)=O)c2cc(Cl)ccc2O1. The Morgan fingerprint density at radius 3 is 2.87 bits per heavy atom. The number of carbonyl (C=O) groups is 1. The van der Waals surface area contributed by atoms with Gasteiger partial charge in [-0.25, -0.2) is 8.42 Å². The molecular weight excluding hydrogens is 340 g/mol. The summed E-state index contributed by atoms with van der Waals surface area (Å²) in [4.78, 5) is 12.2. The fraction of sp³-hybridized carbons (Fsp3) is 0.533. The van der Waals surface area contributed by atoms with Gasteiger partial charge >= 0.3 is 0 Å². The molecule has 0 aliphatic carbocycles. The van der Waals surface area contributed by atoms with E-state index in [0.29, 0.717) is 23.0 Å². The minimum Gasteiger partial charge on any atom is -0.478 e. The molecular formula is C15H21ClN2O4S. The molecule has 6 nitrogen and oxygen atoms in total. The van der Waals surface area contributed by atoms with Gasteiger partial charge in [0.15, 0.2) is 6.10 Å². The molecule has 1 aliphatic rings.